The van der Waals surface area contributed by atoms with Gasteiger partial charge in [0.1, 0.15) is 5.82 Å². The van der Waals surface area contributed by atoms with Crippen molar-refractivity contribution in [1.82, 2.24) is 9.97 Å². The molecule has 3 rings (SSSR count). The number of carbonyl (C=O) groups is 1. The van der Waals surface area contributed by atoms with Crippen molar-refractivity contribution >= 4 is 17.0 Å². The number of ether oxygens (including phenoxy) is 1. The molecule has 0 bridgehead atoms. The highest BCUT2D eigenvalue weighted by Gasteiger charge is 2.19. The molecule has 0 saturated carbocycles. The van der Waals surface area contributed by atoms with E-state index in [0.29, 0.717) is 11.1 Å². The molecule has 0 aliphatic heterocycles. The largest absolute Gasteiger partial charge is 0.463 e. The number of nitrogens with zero attached hydrogens (tertiary/aromatic N) is 1. The Balaban J connectivity index is 1.75. The first-order valence-corrected chi connectivity index (χ1v) is 8.92. The van der Waals surface area contributed by atoms with Crippen LogP contribution in [0, 0.1) is 0 Å². The van der Waals surface area contributed by atoms with E-state index in [2.05, 4.69) is 22.1 Å². The molecule has 2 aromatic carbocycles. The third-order valence-electron chi connectivity index (χ3n) is 4.17. The molecule has 0 spiro atoms. The van der Waals surface area contributed by atoms with Crippen LogP contribution in [0.3, 0.4) is 0 Å². The molecular weight excluding hydrogens is 328 g/mol. The minimum Gasteiger partial charge on any atom is -0.463 e. The molecule has 1 aromatic heterocycles. The fourth-order valence-electron chi connectivity index (χ4n) is 2.98. The molecule has 136 valence electrons. The van der Waals surface area contributed by atoms with Crippen molar-refractivity contribution in [2.24, 2.45) is 0 Å². The molecule has 1 heterocycles. The molecule has 5 heteroatoms. The van der Waals surface area contributed by atoms with Gasteiger partial charge in [-0.3, -0.25) is 4.79 Å². The van der Waals surface area contributed by atoms with Crippen molar-refractivity contribution in [1.29, 1.82) is 0 Å². The summed E-state index contributed by atoms with van der Waals surface area (Å²) in [7, 11) is 0. The van der Waals surface area contributed by atoms with Gasteiger partial charge in [0.25, 0.3) is 0 Å². The van der Waals surface area contributed by atoms with E-state index in [4.69, 9.17) is 4.74 Å². The average Bonchev–Trinajstić information content (AvgIpc) is 3.03. The summed E-state index contributed by atoms with van der Waals surface area (Å²) in [5.41, 5.74) is 3.47. The zero-order chi connectivity index (χ0) is 18.5. The number of carbonyl (C=O) groups excluding carboxylic acids is 1. The van der Waals surface area contributed by atoms with Crippen LogP contribution in [0.4, 0.5) is 0 Å². The van der Waals surface area contributed by atoms with E-state index in [1.165, 1.54) is 5.56 Å². The summed E-state index contributed by atoms with van der Waals surface area (Å²) < 4.78 is 5.12. The first kappa shape index (κ1) is 18.1. The van der Waals surface area contributed by atoms with Gasteiger partial charge in [-0.1, -0.05) is 42.5 Å². The Kier molecular flexibility index (Phi) is 5.68. The average molecular weight is 352 g/mol. The number of benzene rings is 2. The lowest BCUT2D eigenvalue weighted by Gasteiger charge is -2.13. The van der Waals surface area contributed by atoms with Gasteiger partial charge < -0.3 is 14.8 Å². The van der Waals surface area contributed by atoms with Crippen LogP contribution in [0.5, 0.6) is 0 Å². The maximum absolute atomic E-state index is 11.8. The number of aromatic amines is 1. The number of aliphatic hydroxyl groups is 1. The fourth-order valence-corrected chi connectivity index (χ4v) is 2.98. The Morgan fingerprint density at radius 3 is 2.62 bits per heavy atom. The number of imidazole rings is 1. The molecule has 0 saturated heterocycles. The quantitative estimate of drug-likeness (QED) is 0.636. The first-order valence-electron chi connectivity index (χ1n) is 8.92. The number of H-pyrrole nitrogens is 1. The second-order valence-corrected chi connectivity index (χ2v) is 6.67. The second kappa shape index (κ2) is 8.15. The van der Waals surface area contributed by atoms with E-state index in [9.17, 15) is 9.90 Å². The molecule has 3 aromatic rings. The maximum atomic E-state index is 11.8. The maximum Gasteiger partial charge on any atom is 0.309 e. The number of nitrogens with one attached hydrogen (secondary N) is 1. The van der Waals surface area contributed by atoms with Gasteiger partial charge in [0.15, 0.2) is 0 Å². The van der Waals surface area contributed by atoms with E-state index >= 15 is 0 Å². The van der Waals surface area contributed by atoms with Crippen LogP contribution in [-0.2, 0) is 22.4 Å². The van der Waals surface area contributed by atoms with Crippen molar-refractivity contribution in [3.05, 3.63) is 65.5 Å². The number of aliphatic hydroxyl groups excluding tert-OH is 1. The lowest BCUT2D eigenvalue weighted by molar-refractivity contribution is -0.149. The Morgan fingerprint density at radius 1 is 1.12 bits per heavy atom. The number of hydrogen-bond donors (Lipinski definition) is 2. The van der Waals surface area contributed by atoms with Crippen molar-refractivity contribution in [2.45, 2.75) is 45.3 Å². The van der Waals surface area contributed by atoms with Gasteiger partial charge in [-0.05, 0) is 31.9 Å². The van der Waals surface area contributed by atoms with Crippen LogP contribution in [0.2, 0.25) is 0 Å². The topological polar surface area (TPSA) is 75.2 Å². The van der Waals surface area contributed by atoms with Crippen molar-refractivity contribution in [3.63, 3.8) is 0 Å². The third-order valence-corrected chi connectivity index (χ3v) is 4.17. The predicted octanol–water partition coefficient (Wildman–Crippen LogP) is 3.72. The summed E-state index contributed by atoms with van der Waals surface area (Å²) in [6.45, 7) is 3.58. The predicted molar refractivity (Wildman–Crippen MR) is 101 cm³/mol. The fraction of sp³-hybridized carbons (Fsp3) is 0.333. The Morgan fingerprint density at radius 2 is 1.88 bits per heavy atom. The first-order chi connectivity index (χ1) is 12.5. The van der Waals surface area contributed by atoms with Crippen LogP contribution >= 0.6 is 0 Å². The van der Waals surface area contributed by atoms with Gasteiger partial charge >= 0.3 is 5.97 Å². The van der Waals surface area contributed by atoms with Gasteiger partial charge in [0, 0.05) is 12.0 Å². The molecule has 1 unspecified atom stereocenters. The van der Waals surface area contributed by atoms with E-state index in [1.807, 2.05) is 30.3 Å². The van der Waals surface area contributed by atoms with Crippen molar-refractivity contribution in [3.8, 4) is 0 Å². The lowest BCUT2D eigenvalue weighted by atomic mass is 10.1. The molecule has 0 aliphatic rings. The van der Waals surface area contributed by atoms with Gasteiger partial charge in [0.05, 0.1) is 29.7 Å². The molecule has 0 radical (unpaired) electrons. The van der Waals surface area contributed by atoms with Crippen LogP contribution < -0.4 is 0 Å². The molecule has 2 N–H and O–H groups in total. The third kappa shape index (κ3) is 4.49. The van der Waals surface area contributed by atoms with Crippen LogP contribution in [0.25, 0.3) is 11.0 Å². The number of hydrogen-bond acceptors (Lipinski definition) is 4. The highest BCUT2D eigenvalue weighted by Crippen LogP contribution is 2.25. The Labute approximate surface area is 153 Å². The summed E-state index contributed by atoms with van der Waals surface area (Å²) >= 11 is 0. The Hall–Kier alpha value is -2.66. The van der Waals surface area contributed by atoms with Crippen LogP contribution in [0.1, 0.15) is 43.3 Å². The summed E-state index contributed by atoms with van der Waals surface area (Å²) in [5, 5.41) is 10.5. The van der Waals surface area contributed by atoms with Gasteiger partial charge in [0.2, 0.25) is 0 Å². The van der Waals surface area contributed by atoms with Gasteiger partial charge in [-0.25, -0.2) is 4.98 Å². The van der Waals surface area contributed by atoms with E-state index < -0.39 is 12.1 Å². The number of fused-ring (bicyclic) bond motifs is 1. The lowest BCUT2D eigenvalue weighted by Crippen LogP contribution is -2.14. The number of para-hydroxylation sites is 1. The molecule has 0 amide bonds. The summed E-state index contributed by atoms with van der Waals surface area (Å²) in [5.74, 6) is 0.456. The van der Waals surface area contributed by atoms with Crippen LogP contribution in [0.15, 0.2) is 48.5 Å². The number of esters is 1. The molecular formula is C21H24N2O3. The number of rotatable bonds is 7. The van der Waals surface area contributed by atoms with E-state index in [-0.39, 0.29) is 12.5 Å². The SMILES string of the molecule is CC(C)OC(=O)CC(O)c1cccc2[nH]c(CCc3ccccc3)nc12. The molecule has 0 aliphatic carbocycles. The standard InChI is InChI=1S/C21H24N2O3/c1-14(2)26-20(25)13-18(24)16-9-6-10-17-21(16)23-19(22-17)12-11-15-7-4-3-5-8-15/h3-10,14,18,24H,11-13H2,1-2H3,(H,22,23). The number of aromatic nitrogens is 2. The van der Waals surface area contributed by atoms with Gasteiger partial charge in [-0.2, -0.15) is 0 Å². The molecule has 26 heavy (non-hydrogen) atoms. The minimum absolute atomic E-state index is 0.0799. The summed E-state index contributed by atoms with van der Waals surface area (Å²) in [6.07, 6.45) is 0.461. The molecule has 5 nitrogen and oxygen atoms in total. The minimum atomic E-state index is -0.935. The van der Waals surface area contributed by atoms with Crippen molar-refractivity contribution in [2.75, 3.05) is 0 Å². The zero-order valence-corrected chi connectivity index (χ0v) is 15.1. The normalized spacial score (nSPS) is 12.5. The van der Waals surface area contributed by atoms with Crippen LogP contribution in [-0.4, -0.2) is 27.1 Å². The summed E-state index contributed by atoms with van der Waals surface area (Å²) in [6, 6.07) is 15.8. The van der Waals surface area contributed by atoms with Crippen molar-refractivity contribution < 1.29 is 14.6 Å². The van der Waals surface area contributed by atoms with Gasteiger partial charge in [-0.15, -0.1) is 0 Å². The monoisotopic (exact) mass is 352 g/mol. The molecule has 1 atom stereocenters. The number of aryl methyl sites for hydroxylation is 2. The highest BCUT2D eigenvalue weighted by atomic mass is 16.5. The summed E-state index contributed by atoms with van der Waals surface area (Å²) in [4.78, 5) is 19.8. The van der Waals surface area contributed by atoms with E-state index in [1.54, 1.807) is 19.9 Å². The highest BCUT2D eigenvalue weighted by molar-refractivity contribution is 5.80. The Bertz CT molecular complexity index is 871. The van der Waals surface area contributed by atoms with E-state index in [0.717, 1.165) is 24.2 Å². The smallest absolute Gasteiger partial charge is 0.309 e. The zero-order valence-electron chi connectivity index (χ0n) is 15.1. The second-order valence-electron chi connectivity index (χ2n) is 6.67. The molecule has 0 fully saturated rings.